The molecule has 2 aromatic heterocycles. The SMILES string of the molecule is CN=C(NCC(O)c1ccc(Cl)s1)NC1CCc2nnc(C(C)C)n2C1. The summed E-state index contributed by atoms with van der Waals surface area (Å²) in [5.41, 5.74) is 0. The van der Waals surface area contributed by atoms with E-state index >= 15 is 0 Å². The highest BCUT2D eigenvalue weighted by molar-refractivity contribution is 7.16. The van der Waals surface area contributed by atoms with Gasteiger partial charge < -0.3 is 20.3 Å². The predicted octanol–water partition coefficient (Wildman–Crippen LogP) is 2.33. The van der Waals surface area contributed by atoms with Crippen LogP contribution in [0.15, 0.2) is 17.1 Å². The molecule has 0 aliphatic carbocycles. The van der Waals surface area contributed by atoms with Gasteiger partial charge in [-0.3, -0.25) is 4.99 Å². The predicted molar refractivity (Wildman–Crippen MR) is 105 cm³/mol. The monoisotopic (exact) mass is 396 g/mol. The van der Waals surface area contributed by atoms with E-state index in [2.05, 4.69) is 44.2 Å². The lowest BCUT2D eigenvalue weighted by Gasteiger charge is -2.27. The van der Waals surface area contributed by atoms with Gasteiger partial charge in [-0.2, -0.15) is 0 Å². The molecule has 7 nitrogen and oxygen atoms in total. The van der Waals surface area contributed by atoms with E-state index in [1.807, 2.05) is 6.07 Å². The molecule has 2 aromatic rings. The fourth-order valence-corrected chi connectivity index (χ4v) is 4.13. The molecule has 0 fully saturated rings. The lowest BCUT2D eigenvalue weighted by atomic mass is 10.1. The summed E-state index contributed by atoms with van der Waals surface area (Å²) in [5, 5.41) is 25.5. The number of aliphatic hydroxyl groups excluding tert-OH is 1. The standard InChI is InChI=1S/C17H25ClN6OS/c1-10(2)16-23-22-15-7-4-11(9-24(15)16)21-17(19-3)20-8-12(25)13-5-6-14(18)26-13/h5-6,10-12,25H,4,7-9H2,1-3H3,(H2,19,20,21). The molecule has 3 rings (SSSR count). The molecule has 2 unspecified atom stereocenters. The van der Waals surface area contributed by atoms with E-state index in [0.29, 0.717) is 22.8 Å². The number of nitrogens with one attached hydrogen (secondary N) is 2. The molecule has 1 aliphatic rings. The van der Waals surface area contributed by atoms with Crippen LogP contribution >= 0.6 is 22.9 Å². The van der Waals surface area contributed by atoms with Gasteiger partial charge >= 0.3 is 0 Å². The van der Waals surface area contributed by atoms with Gasteiger partial charge in [0, 0.05) is 43.4 Å². The van der Waals surface area contributed by atoms with Crippen molar-refractivity contribution in [2.24, 2.45) is 4.99 Å². The minimum atomic E-state index is -0.616. The molecule has 3 N–H and O–H groups in total. The summed E-state index contributed by atoms with van der Waals surface area (Å²) in [5.74, 6) is 3.11. The Labute approximate surface area is 162 Å². The summed E-state index contributed by atoms with van der Waals surface area (Å²) in [4.78, 5) is 5.11. The quantitative estimate of drug-likeness (QED) is 0.533. The van der Waals surface area contributed by atoms with Gasteiger partial charge in [-0.15, -0.1) is 21.5 Å². The number of fused-ring (bicyclic) bond motifs is 1. The molecular formula is C17H25ClN6OS. The number of aliphatic imine (C=N–C) groups is 1. The van der Waals surface area contributed by atoms with Gasteiger partial charge in [-0.05, 0) is 18.6 Å². The number of guanidine groups is 1. The second-order valence-corrected chi connectivity index (χ2v) is 8.48. The van der Waals surface area contributed by atoms with E-state index in [4.69, 9.17) is 11.6 Å². The lowest BCUT2D eigenvalue weighted by Crippen LogP contribution is -2.47. The molecule has 0 saturated heterocycles. The molecule has 0 bridgehead atoms. The third kappa shape index (κ3) is 4.36. The number of rotatable bonds is 5. The Morgan fingerprint density at radius 1 is 1.46 bits per heavy atom. The summed E-state index contributed by atoms with van der Waals surface area (Å²) >= 11 is 7.31. The zero-order valence-electron chi connectivity index (χ0n) is 15.2. The summed E-state index contributed by atoms with van der Waals surface area (Å²) in [7, 11) is 1.73. The summed E-state index contributed by atoms with van der Waals surface area (Å²) in [6.07, 6.45) is 1.25. The van der Waals surface area contributed by atoms with E-state index in [0.717, 1.165) is 35.9 Å². The number of halogens is 1. The Balaban J connectivity index is 1.56. The van der Waals surface area contributed by atoms with Crippen LogP contribution < -0.4 is 10.6 Å². The van der Waals surface area contributed by atoms with Crippen LogP contribution in [0.5, 0.6) is 0 Å². The van der Waals surface area contributed by atoms with Crippen LogP contribution in [0.3, 0.4) is 0 Å². The first-order chi connectivity index (χ1) is 12.5. The molecule has 0 saturated carbocycles. The van der Waals surface area contributed by atoms with E-state index < -0.39 is 6.10 Å². The number of aryl methyl sites for hydroxylation is 1. The van der Waals surface area contributed by atoms with Crippen LogP contribution in [0.4, 0.5) is 0 Å². The normalized spacial score (nSPS) is 18.7. The molecular weight excluding hydrogens is 372 g/mol. The van der Waals surface area contributed by atoms with E-state index in [1.165, 1.54) is 11.3 Å². The molecule has 0 spiro atoms. The molecule has 26 heavy (non-hydrogen) atoms. The number of hydrogen-bond acceptors (Lipinski definition) is 5. The first-order valence-electron chi connectivity index (χ1n) is 8.80. The van der Waals surface area contributed by atoms with Crippen molar-refractivity contribution in [1.82, 2.24) is 25.4 Å². The van der Waals surface area contributed by atoms with Gasteiger partial charge in [0.1, 0.15) is 17.8 Å². The Morgan fingerprint density at radius 3 is 2.92 bits per heavy atom. The van der Waals surface area contributed by atoms with Crippen LogP contribution in [-0.2, 0) is 13.0 Å². The van der Waals surface area contributed by atoms with Crippen molar-refractivity contribution in [2.45, 2.75) is 51.3 Å². The van der Waals surface area contributed by atoms with Crippen molar-refractivity contribution in [3.8, 4) is 0 Å². The van der Waals surface area contributed by atoms with E-state index in [1.54, 1.807) is 13.1 Å². The second-order valence-electron chi connectivity index (χ2n) is 6.73. The number of hydrogen-bond donors (Lipinski definition) is 3. The lowest BCUT2D eigenvalue weighted by molar-refractivity contribution is 0.184. The zero-order chi connectivity index (χ0) is 18.7. The highest BCUT2D eigenvalue weighted by Gasteiger charge is 2.24. The van der Waals surface area contributed by atoms with E-state index in [9.17, 15) is 5.11 Å². The fraction of sp³-hybridized carbons (Fsp3) is 0.588. The Hall–Kier alpha value is -1.64. The van der Waals surface area contributed by atoms with Gasteiger partial charge in [-0.25, -0.2) is 0 Å². The van der Waals surface area contributed by atoms with Gasteiger partial charge in [0.2, 0.25) is 0 Å². The minimum Gasteiger partial charge on any atom is -0.386 e. The second kappa shape index (κ2) is 8.37. The van der Waals surface area contributed by atoms with Crippen LogP contribution in [0, 0.1) is 0 Å². The maximum atomic E-state index is 10.3. The average Bonchev–Trinajstić information content (AvgIpc) is 3.24. The van der Waals surface area contributed by atoms with Gasteiger partial charge in [0.05, 0.1) is 4.34 Å². The van der Waals surface area contributed by atoms with Crippen molar-refractivity contribution in [1.29, 1.82) is 0 Å². The number of aromatic nitrogens is 3. The summed E-state index contributed by atoms with van der Waals surface area (Å²) in [6.45, 7) is 5.46. The zero-order valence-corrected chi connectivity index (χ0v) is 16.8. The third-order valence-corrected chi connectivity index (χ3v) is 5.77. The van der Waals surface area contributed by atoms with Crippen molar-refractivity contribution in [3.05, 3.63) is 33.0 Å². The number of thiophene rings is 1. The molecule has 1 aliphatic heterocycles. The Kier molecular flexibility index (Phi) is 6.16. The van der Waals surface area contributed by atoms with Crippen LogP contribution in [0.2, 0.25) is 4.34 Å². The van der Waals surface area contributed by atoms with Crippen molar-refractivity contribution in [2.75, 3.05) is 13.6 Å². The van der Waals surface area contributed by atoms with Crippen molar-refractivity contribution >= 4 is 28.9 Å². The fourth-order valence-electron chi connectivity index (χ4n) is 3.08. The highest BCUT2D eigenvalue weighted by Crippen LogP contribution is 2.26. The first-order valence-corrected chi connectivity index (χ1v) is 9.99. The average molecular weight is 397 g/mol. The van der Waals surface area contributed by atoms with Gasteiger partial charge in [0.25, 0.3) is 0 Å². The molecule has 9 heteroatoms. The molecule has 0 aromatic carbocycles. The van der Waals surface area contributed by atoms with Crippen molar-refractivity contribution < 1.29 is 5.11 Å². The Bertz CT molecular complexity index is 771. The van der Waals surface area contributed by atoms with Crippen LogP contribution in [0.25, 0.3) is 0 Å². The molecule has 0 radical (unpaired) electrons. The minimum absolute atomic E-state index is 0.246. The number of aliphatic hydroxyl groups is 1. The van der Waals surface area contributed by atoms with Gasteiger partial charge in [-0.1, -0.05) is 25.4 Å². The highest BCUT2D eigenvalue weighted by atomic mass is 35.5. The molecule has 3 heterocycles. The summed E-state index contributed by atoms with van der Waals surface area (Å²) < 4.78 is 2.89. The third-order valence-electron chi connectivity index (χ3n) is 4.44. The van der Waals surface area contributed by atoms with Crippen molar-refractivity contribution in [3.63, 3.8) is 0 Å². The molecule has 2 atom stereocenters. The smallest absolute Gasteiger partial charge is 0.191 e. The maximum Gasteiger partial charge on any atom is 0.191 e. The largest absolute Gasteiger partial charge is 0.386 e. The first kappa shape index (κ1) is 19.1. The molecule has 142 valence electrons. The maximum absolute atomic E-state index is 10.3. The van der Waals surface area contributed by atoms with Gasteiger partial charge in [0.15, 0.2) is 5.96 Å². The topological polar surface area (TPSA) is 87.4 Å². The number of nitrogens with zero attached hydrogens (tertiary/aromatic N) is 4. The Morgan fingerprint density at radius 2 is 2.27 bits per heavy atom. The van der Waals surface area contributed by atoms with Crippen LogP contribution in [-0.4, -0.2) is 45.5 Å². The van der Waals surface area contributed by atoms with Crippen LogP contribution in [0.1, 0.15) is 48.8 Å². The van der Waals surface area contributed by atoms with E-state index in [-0.39, 0.29) is 6.04 Å². The summed E-state index contributed by atoms with van der Waals surface area (Å²) in [6, 6.07) is 3.89. The molecule has 0 amide bonds.